The van der Waals surface area contributed by atoms with Crippen molar-refractivity contribution in [3.63, 3.8) is 0 Å². The Labute approximate surface area is 146 Å². The summed E-state index contributed by atoms with van der Waals surface area (Å²) in [5.74, 6) is 1.57. The Kier molecular flexibility index (Phi) is 4.67. The monoisotopic (exact) mass is 355 g/mol. The fourth-order valence-corrected chi connectivity index (χ4v) is 2.77. The minimum Gasteiger partial charge on any atom is -0.383 e. The highest BCUT2D eigenvalue weighted by Gasteiger charge is 2.06. The highest BCUT2D eigenvalue weighted by molar-refractivity contribution is 7.86. The van der Waals surface area contributed by atoms with Gasteiger partial charge in [-0.25, -0.2) is 9.97 Å². The Balaban J connectivity index is 1.82. The summed E-state index contributed by atoms with van der Waals surface area (Å²) in [6.07, 6.45) is 1.01. The van der Waals surface area contributed by atoms with Gasteiger partial charge in [0.15, 0.2) is 0 Å². The summed E-state index contributed by atoms with van der Waals surface area (Å²) in [4.78, 5) is 8.85. The molecule has 2 aromatic carbocycles. The molecule has 1 N–H and O–H groups in total. The van der Waals surface area contributed by atoms with Crippen molar-refractivity contribution < 1.29 is 12.6 Å². The molecule has 0 saturated carbocycles. The van der Waals surface area contributed by atoms with Gasteiger partial charge in [0.05, 0.1) is 11.9 Å². The van der Waals surface area contributed by atoms with E-state index in [4.69, 9.17) is 4.18 Å². The van der Waals surface area contributed by atoms with Crippen molar-refractivity contribution in [2.45, 2.75) is 6.92 Å². The number of hydrogen-bond acceptors (Lipinski definition) is 6. The number of aromatic nitrogens is 2. The third kappa shape index (κ3) is 4.77. The van der Waals surface area contributed by atoms with E-state index >= 15 is 0 Å². The fourth-order valence-electron chi connectivity index (χ4n) is 2.31. The lowest BCUT2D eigenvalue weighted by atomic mass is 10.1. The Bertz CT molecular complexity index is 972. The lowest BCUT2D eigenvalue weighted by Gasteiger charge is -2.09. The van der Waals surface area contributed by atoms with E-state index in [0.717, 1.165) is 23.2 Å². The first-order valence-corrected chi connectivity index (χ1v) is 9.38. The normalized spacial score (nSPS) is 11.1. The predicted molar refractivity (Wildman–Crippen MR) is 97.4 cm³/mol. The standard InChI is InChI=1S/C18H17N3O3S/c1-13-19-17(14-6-4-3-5-7-14)12-18(20-13)21-15-8-10-16(11-9-15)24-25(2,22)23/h3-12H,1-2H3,(H,19,20,21). The first-order chi connectivity index (χ1) is 11.9. The second-order valence-corrected chi connectivity index (χ2v) is 7.06. The van der Waals surface area contributed by atoms with Crippen LogP contribution in [0.5, 0.6) is 5.75 Å². The molecule has 0 aliphatic carbocycles. The molecule has 6 nitrogen and oxygen atoms in total. The maximum absolute atomic E-state index is 11.1. The molecule has 1 heterocycles. The molecule has 128 valence electrons. The van der Waals surface area contributed by atoms with E-state index in [0.29, 0.717) is 11.6 Å². The highest BCUT2D eigenvalue weighted by Crippen LogP contribution is 2.23. The Morgan fingerprint density at radius 3 is 2.28 bits per heavy atom. The van der Waals surface area contributed by atoms with Crippen LogP contribution < -0.4 is 9.50 Å². The van der Waals surface area contributed by atoms with E-state index < -0.39 is 10.1 Å². The third-order valence-corrected chi connectivity index (χ3v) is 3.78. The summed E-state index contributed by atoms with van der Waals surface area (Å²) in [7, 11) is -3.53. The van der Waals surface area contributed by atoms with Crippen LogP contribution in [-0.4, -0.2) is 24.6 Å². The van der Waals surface area contributed by atoms with Gasteiger partial charge >= 0.3 is 10.1 Å². The summed E-state index contributed by atoms with van der Waals surface area (Å²) in [5.41, 5.74) is 2.60. The first kappa shape index (κ1) is 16.9. The van der Waals surface area contributed by atoms with Gasteiger partial charge in [0, 0.05) is 17.3 Å². The number of rotatable bonds is 5. The zero-order valence-corrected chi connectivity index (χ0v) is 14.6. The average molecular weight is 355 g/mol. The zero-order chi connectivity index (χ0) is 17.9. The van der Waals surface area contributed by atoms with Crippen LogP contribution in [0.1, 0.15) is 5.82 Å². The van der Waals surface area contributed by atoms with Gasteiger partial charge in [0.2, 0.25) is 0 Å². The van der Waals surface area contributed by atoms with Crippen LogP contribution in [0.2, 0.25) is 0 Å². The van der Waals surface area contributed by atoms with Crippen LogP contribution >= 0.6 is 0 Å². The molecule has 0 saturated heterocycles. The summed E-state index contributed by atoms with van der Waals surface area (Å²) >= 11 is 0. The number of anilines is 2. The van der Waals surface area contributed by atoms with Gasteiger partial charge in [0.25, 0.3) is 0 Å². The van der Waals surface area contributed by atoms with Gasteiger partial charge in [-0.2, -0.15) is 8.42 Å². The SMILES string of the molecule is Cc1nc(Nc2ccc(OS(C)(=O)=O)cc2)cc(-c2ccccc2)n1. The molecule has 0 atom stereocenters. The number of benzene rings is 2. The number of hydrogen-bond donors (Lipinski definition) is 1. The summed E-state index contributed by atoms with van der Waals surface area (Å²) in [6, 6.07) is 18.3. The highest BCUT2D eigenvalue weighted by atomic mass is 32.2. The molecule has 0 unspecified atom stereocenters. The summed E-state index contributed by atoms with van der Waals surface area (Å²) < 4.78 is 27.1. The van der Waals surface area contributed by atoms with Gasteiger partial charge < -0.3 is 9.50 Å². The second kappa shape index (κ2) is 6.90. The topological polar surface area (TPSA) is 81.2 Å². The maximum atomic E-state index is 11.1. The molecule has 0 spiro atoms. The Hall–Kier alpha value is -2.93. The Morgan fingerprint density at radius 2 is 1.64 bits per heavy atom. The van der Waals surface area contributed by atoms with Crippen molar-refractivity contribution in [2.75, 3.05) is 11.6 Å². The van der Waals surface area contributed by atoms with Crippen molar-refractivity contribution >= 4 is 21.6 Å². The minimum atomic E-state index is -3.53. The molecule has 25 heavy (non-hydrogen) atoms. The van der Waals surface area contributed by atoms with E-state index in [1.807, 2.05) is 43.3 Å². The molecule has 1 aromatic heterocycles. The fraction of sp³-hybridized carbons (Fsp3) is 0.111. The maximum Gasteiger partial charge on any atom is 0.306 e. The van der Waals surface area contributed by atoms with Crippen LogP contribution in [-0.2, 0) is 10.1 Å². The van der Waals surface area contributed by atoms with E-state index in [2.05, 4.69) is 15.3 Å². The van der Waals surface area contributed by atoms with Gasteiger partial charge in [-0.05, 0) is 31.2 Å². The minimum absolute atomic E-state index is 0.261. The Morgan fingerprint density at radius 1 is 0.960 bits per heavy atom. The predicted octanol–water partition coefficient (Wildman–Crippen LogP) is 3.53. The lowest BCUT2D eigenvalue weighted by Crippen LogP contribution is -2.05. The van der Waals surface area contributed by atoms with Gasteiger partial charge in [-0.15, -0.1) is 0 Å². The number of nitrogens with one attached hydrogen (secondary N) is 1. The van der Waals surface area contributed by atoms with Crippen LogP contribution in [0.15, 0.2) is 60.7 Å². The zero-order valence-electron chi connectivity index (χ0n) is 13.8. The third-order valence-electron chi connectivity index (χ3n) is 3.28. The molecule has 7 heteroatoms. The number of aryl methyl sites for hydroxylation is 1. The molecule has 0 aliphatic heterocycles. The molecule has 0 amide bonds. The van der Waals surface area contributed by atoms with Crippen molar-refractivity contribution in [1.82, 2.24) is 9.97 Å². The van der Waals surface area contributed by atoms with E-state index in [1.165, 1.54) is 0 Å². The van der Waals surface area contributed by atoms with E-state index in [1.54, 1.807) is 24.3 Å². The van der Waals surface area contributed by atoms with Crippen LogP contribution in [0.3, 0.4) is 0 Å². The summed E-state index contributed by atoms with van der Waals surface area (Å²) in [5, 5.41) is 3.19. The van der Waals surface area contributed by atoms with Gasteiger partial charge in [-0.3, -0.25) is 0 Å². The van der Waals surface area contributed by atoms with Gasteiger partial charge in [0.1, 0.15) is 17.4 Å². The quantitative estimate of drug-likeness (QED) is 0.705. The van der Waals surface area contributed by atoms with Crippen molar-refractivity contribution in [3.05, 3.63) is 66.5 Å². The van der Waals surface area contributed by atoms with E-state index in [-0.39, 0.29) is 5.75 Å². The molecule has 3 rings (SSSR count). The average Bonchev–Trinajstić information content (AvgIpc) is 2.56. The second-order valence-electron chi connectivity index (χ2n) is 5.49. The first-order valence-electron chi connectivity index (χ1n) is 7.57. The largest absolute Gasteiger partial charge is 0.383 e. The molecular formula is C18H17N3O3S. The van der Waals surface area contributed by atoms with Gasteiger partial charge in [-0.1, -0.05) is 30.3 Å². The van der Waals surface area contributed by atoms with Crippen molar-refractivity contribution in [1.29, 1.82) is 0 Å². The molecule has 0 radical (unpaired) electrons. The number of nitrogens with zero attached hydrogens (tertiary/aromatic N) is 2. The van der Waals surface area contributed by atoms with Crippen LogP contribution in [0.4, 0.5) is 11.5 Å². The smallest absolute Gasteiger partial charge is 0.306 e. The molecule has 0 aliphatic rings. The molecule has 0 bridgehead atoms. The van der Waals surface area contributed by atoms with Crippen LogP contribution in [0.25, 0.3) is 11.3 Å². The van der Waals surface area contributed by atoms with E-state index in [9.17, 15) is 8.42 Å². The van der Waals surface area contributed by atoms with Crippen LogP contribution in [0, 0.1) is 6.92 Å². The van der Waals surface area contributed by atoms with Crippen molar-refractivity contribution in [2.24, 2.45) is 0 Å². The van der Waals surface area contributed by atoms with Crippen molar-refractivity contribution in [3.8, 4) is 17.0 Å². The lowest BCUT2D eigenvalue weighted by molar-refractivity contribution is 0.493. The molecule has 0 fully saturated rings. The molecular weight excluding hydrogens is 338 g/mol. The summed E-state index contributed by atoms with van der Waals surface area (Å²) in [6.45, 7) is 1.83. The molecule has 3 aromatic rings.